The number of halogens is 2. The molecule has 0 aliphatic carbocycles. The summed E-state index contributed by atoms with van der Waals surface area (Å²) in [5.74, 6) is -3.13. The third-order valence-electron chi connectivity index (χ3n) is 5.64. The standard InChI is InChI=1S/C25H22F2N4O3S/c1-3-25(26,27)17-9-7-16(8-10-17)24(2,34)20-5-4-6-21(30-20)31-12-11-18(13-22(31)32)29-23(33)19-14-35-15-28-19/h4-15,34H,3H2,1-2H3,(H,29,33). The SMILES string of the molecule is CCC(F)(F)c1ccc(C(C)(O)c2cccc(-n3ccc(NC(=O)c4cscn4)cc3=O)n2)cc1. The molecular weight excluding hydrogens is 474 g/mol. The number of pyridine rings is 2. The molecule has 0 fully saturated rings. The fourth-order valence-corrected chi connectivity index (χ4v) is 4.02. The van der Waals surface area contributed by atoms with Crippen LogP contribution in [-0.2, 0) is 11.5 Å². The molecule has 0 aliphatic rings. The number of hydrogen-bond donors (Lipinski definition) is 2. The summed E-state index contributed by atoms with van der Waals surface area (Å²) in [4.78, 5) is 33.3. The van der Waals surface area contributed by atoms with Crippen molar-refractivity contribution < 1.29 is 18.7 Å². The Hall–Kier alpha value is -3.76. The van der Waals surface area contributed by atoms with Crippen molar-refractivity contribution >= 4 is 22.9 Å². The molecule has 3 aromatic heterocycles. The minimum atomic E-state index is -2.95. The molecule has 35 heavy (non-hydrogen) atoms. The number of aliphatic hydroxyl groups is 1. The summed E-state index contributed by atoms with van der Waals surface area (Å²) in [5.41, 5.74) is 0.532. The molecule has 4 rings (SSSR count). The van der Waals surface area contributed by atoms with Gasteiger partial charge in [-0.2, -0.15) is 0 Å². The van der Waals surface area contributed by atoms with Gasteiger partial charge in [-0.25, -0.2) is 18.7 Å². The van der Waals surface area contributed by atoms with Crippen LogP contribution in [0.4, 0.5) is 14.5 Å². The lowest BCUT2D eigenvalue weighted by Gasteiger charge is -2.25. The number of hydrogen-bond acceptors (Lipinski definition) is 6. The van der Waals surface area contributed by atoms with Crippen molar-refractivity contribution in [3.63, 3.8) is 0 Å². The van der Waals surface area contributed by atoms with Crippen LogP contribution in [-0.4, -0.2) is 25.5 Å². The highest BCUT2D eigenvalue weighted by molar-refractivity contribution is 7.07. The number of carbonyl (C=O) groups is 1. The molecule has 180 valence electrons. The molecule has 10 heteroatoms. The topological polar surface area (TPSA) is 97.1 Å². The van der Waals surface area contributed by atoms with Gasteiger partial charge in [0, 0.05) is 35.3 Å². The fraction of sp³-hybridized carbons (Fsp3) is 0.200. The summed E-state index contributed by atoms with van der Waals surface area (Å²) in [5, 5.41) is 15.4. The van der Waals surface area contributed by atoms with Gasteiger partial charge in [0.2, 0.25) is 0 Å². The van der Waals surface area contributed by atoms with Crippen LogP contribution in [0.3, 0.4) is 0 Å². The molecule has 1 amide bonds. The molecule has 7 nitrogen and oxygen atoms in total. The second-order valence-corrected chi connectivity index (χ2v) is 8.76. The maximum atomic E-state index is 14.0. The minimum absolute atomic E-state index is 0.130. The summed E-state index contributed by atoms with van der Waals surface area (Å²) in [6.45, 7) is 2.91. The Kier molecular flexibility index (Phi) is 6.60. The van der Waals surface area contributed by atoms with Crippen molar-refractivity contribution in [3.05, 3.63) is 105 Å². The third-order valence-corrected chi connectivity index (χ3v) is 6.22. The Morgan fingerprint density at radius 2 is 1.86 bits per heavy atom. The number of rotatable bonds is 7. The smallest absolute Gasteiger partial charge is 0.275 e. The molecule has 4 aromatic rings. The van der Waals surface area contributed by atoms with E-state index in [1.54, 1.807) is 29.6 Å². The predicted molar refractivity (Wildman–Crippen MR) is 129 cm³/mol. The van der Waals surface area contributed by atoms with Crippen LogP contribution in [0.1, 0.15) is 47.6 Å². The van der Waals surface area contributed by atoms with Crippen molar-refractivity contribution in [3.8, 4) is 5.82 Å². The maximum absolute atomic E-state index is 14.0. The van der Waals surface area contributed by atoms with Crippen LogP contribution in [0.5, 0.6) is 0 Å². The van der Waals surface area contributed by atoms with Gasteiger partial charge in [0.15, 0.2) is 0 Å². The highest BCUT2D eigenvalue weighted by atomic mass is 32.1. The Morgan fingerprint density at radius 3 is 2.49 bits per heavy atom. The average molecular weight is 497 g/mol. The zero-order valence-corrected chi connectivity index (χ0v) is 19.7. The van der Waals surface area contributed by atoms with Crippen LogP contribution in [0.2, 0.25) is 0 Å². The summed E-state index contributed by atoms with van der Waals surface area (Å²) in [6.07, 6.45) is 1.13. The first-order valence-corrected chi connectivity index (χ1v) is 11.7. The predicted octanol–water partition coefficient (Wildman–Crippen LogP) is 4.70. The molecule has 2 N–H and O–H groups in total. The first kappa shape index (κ1) is 24.4. The summed E-state index contributed by atoms with van der Waals surface area (Å²) < 4.78 is 29.2. The Morgan fingerprint density at radius 1 is 1.14 bits per heavy atom. The fourth-order valence-electron chi connectivity index (χ4n) is 3.48. The number of nitrogens with zero attached hydrogens (tertiary/aromatic N) is 3. The van der Waals surface area contributed by atoms with E-state index in [1.165, 1.54) is 71.8 Å². The monoisotopic (exact) mass is 496 g/mol. The van der Waals surface area contributed by atoms with E-state index in [4.69, 9.17) is 0 Å². The third kappa shape index (κ3) is 5.03. The van der Waals surface area contributed by atoms with Crippen molar-refractivity contribution in [2.24, 2.45) is 0 Å². The molecule has 0 radical (unpaired) electrons. The number of alkyl halides is 2. The minimum Gasteiger partial charge on any atom is -0.379 e. The van der Waals surface area contributed by atoms with E-state index in [2.05, 4.69) is 15.3 Å². The molecule has 0 bridgehead atoms. The van der Waals surface area contributed by atoms with Gasteiger partial charge in [-0.1, -0.05) is 37.3 Å². The van der Waals surface area contributed by atoms with Crippen LogP contribution in [0.25, 0.3) is 5.82 Å². The van der Waals surface area contributed by atoms with Gasteiger partial charge in [-0.3, -0.25) is 14.2 Å². The molecule has 0 saturated carbocycles. The molecule has 1 aromatic carbocycles. The molecule has 0 spiro atoms. The van der Waals surface area contributed by atoms with Crippen LogP contribution in [0, 0.1) is 0 Å². The second kappa shape index (κ2) is 9.47. The maximum Gasteiger partial charge on any atom is 0.275 e. The number of benzene rings is 1. The van der Waals surface area contributed by atoms with E-state index in [-0.39, 0.29) is 29.2 Å². The average Bonchev–Trinajstić information content (AvgIpc) is 3.40. The number of thiazole rings is 1. The molecule has 3 heterocycles. The van der Waals surface area contributed by atoms with E-state index in [0.717, 1.165) is 0 Å². The highest BCUT2D eigenvalue weighted by Gasteiger charge is 2.31. The van der Waals surface area contributed by atoms with Crippen molar-refractivity contribution in [1.29, 1.82) is 0 Å². The summed E-state index contributed by atoms with van der Waals surface area (Å²) in [7, 11) is 0. The first-order chi connectivity index (χ1) is 16.6. The van der Waals surface area contributed by atoms with E-state index < -0.39 is 23.0 Å². The lowest BCUT2D eigenvalue weighted by molar-refractivity contribution is -0.00842. The molecule has 0 aliphatic heterocycles. The highest BCUT2D eigenvalue weighted by Crippen LogP contribution is 2.34. The van der Waals surface area contributed by atoms with E-state index in [9.17, 15) is 23.5 Å². The Labute approximate surface area is 203 Å². The number of aromatic nitrogens is 3. The first-order valence-electron chi connectivity index (χ1n) is 10.7. The summed E-state index contributed by atoms with van der Waals surface area (Å²) >= 11 is 1.29. The van der Waals surface area contributed by atoms with Gasteiger partial charge in [0.1, 0.15) is 17.1 Å². The number of carbonyl (C=O) groups excluding carboxylic acids is 1. The molecule has 0 saturated heterocycles. The van der Waals surface area contributed by atoms with Gasteiger partial charge >= 0.3 is 0 Å². The molecule has 1 atom stereocenters. The lowest BCUT2D eigenvalue weighted by Crippen LogP contribution is -2.26. The zero-order chi connectivity index (χ0) is 25.2. The van der Waals surface area contributed by atoms with Crippen molar-refractivity contribution in [1.82, 2.24) is 14.5 Å². The lowest BCUT2D eigenvalue weighted by atomic mass is 9.90. The zero-order valence-electron chi connectivity index (χ0n) is 18.9. The van der Waals surface area contributed by atoms with E-state index in [0.29, 0.717) is 11.3 Å². The number of nitrogens with one attached hydrogen (secondary N) is 1. The van der Waals surface area contributed by atoms with Crippen LogP contribution in [0.15, 0.2) is 76.5 Å². The van der Waals surface area contributed by atoms with E-state index >= 15 is 0 Å². The molecular formula is C25H22F2N4O3S. The van der Waals surface area contributed by atoms with Gasteiger partial charge < -0.3 is 10.4 Å². The van der Waals surface area contributed by atoms with Crippen LogP contribution < -0.4 is 10.9 Å². The number of anilines is 1. The Balaban J connectivity index is 1.60. The second-order valence-electron chi connectivity index (χ2n) is 8.04. The molecule has 1 unspecified atom stereocenters. The number of amides is 1. The quantitative estimate of drug-likeness (QED) is 0.387. The van der Waals surface area contributed by atoms with Crippen molar-refractivity contribution in [2.45, 2.75) is 31.8 Å². The van der Waals surface area contributed by atoms with Gasteiger partial charge in [-0.15, -0.1) is 11.3 Å². The van der Waals surface area contributed by atoms with Crippen LogP contribution >= 0.6 is 11.3 Å². The van der Waals surface area contributed by atoms with Crippen molar-refractivity contribution in [2.75, 3.05) is 5.32 Å². The largest absolute Gasteiger partial charge is 0.379 e. The van der Waals surface area contributed by atoms with Gasteiger partial charge in [-0.05, 0) is 30.7 Å². The summed E-state index contributed by atoms with van der Waals surface area (Å²) in [6, 6.07) is 13.1. The normalized spacial score (nSPS) is 13.3. The van der Waals surface area contributed by atoms with Gasteiger partial charge in [0.05, 0.1) is 11.2 Å². The van der Waals surface area contributed by atoms with E-state index in [1.807, 2.05) is 0 Å². The Bertz CT molecular complexity index is 1400. The van der Waals surface area contributed by atoms with Gasteiger partial charge in [0.25, 0.3) is 17.4 Å².